The van der Waals surface area contributed by atoms with Crippen molar-refractivity contribution in [3.63, 3.8) is 0 Å². The van der Waals surface area contributed by atoms with Crippen LogP contribution < -0.4 is 16.4 Å². The Morgan fingerprint density at radius 1 is 1.08 bits per heavy atom. The Hall–Kier alpha value is -2.39. The van der Waals surface area contributed by atoms with Crippen LogP contribution in [-0.2, 0) is 10.0 Å². The fraction of sp³-hybridized carbons (Fsp3) is 0.412. The van der Waals surface area contributed by atoms with Crippen molar-refractivity contribution >= 4 is 33.0 Å². The quantitative estimate of drug-likeness (QED) is 0.647. The highest BCUT2D eigenvalue weighted by Crippen LogP contribution is 2.27. The van der Waals surface area contributed by atoms with E-state index in [9.17, 15) is 8.42 Å². The average molecular weight is 379 g/mol. The zero-order valence-corrected chi connectivity index (χ0v) is 16.3. The van der Waals surface area contributed by atoms with Crippen molar-refractivity contribution in [3.05, 3.63) is 30.6 Å². The summed E-state index contributed by atoms with van der Waals surface area (Å²) in [5, 5.41) is 6.25. The molecule has 26 heavy (non-hydrogen) atoms. The van der Waals surface area contributed by atoms with Gasteiger partial charge in [-0.05, 0) is 38.1 Å². The van der Waals surface area contributed by atoms with Crippen molar-refractivity contribution in [1.82, 2.24) is 14.3 Å². The number of rotatable bonds is 8. The van der Waals surface area contributed by atoms with Gasteiger partial charge in [-0.15, -0.1) is 0 Å². The molecule has 0 amide bonds. The van der Waals surface area contributed by atoms with Gasteiger partial charge >= 0.3 is 0 Å². The number of nitrogens with two attached hydrogens (primary N) is 1. The Bertz CT molecular complexity index is 833. The number of nitrogens with one attached hydrogen (secondary N) is 2. The molecule has 0 saturated carbocycles. The normalized spacial score (nSPS) is 11.8. The monoisotopic (exact) mass is 378 g/mol. The summed E-state index contributed by atoms with van der Waals surface area (Å²) >= 11 is 0. The summed E-state index contributed by atoms with van der Waals surface area (Å²) in [7, 11) is -3.47. The summed E-state index contributed by atoms with van der Waals surface area (Å²) in [6, 6.07) is 6.70. The Kier molecular flexibility index (Phi) is 6.38. The third kappa shape index (κ3) is 4.41. The van der Waals surface area contributed by atoms with Crippen LogP contribution in [-0.4, -0.2) is 41.8 Å². The minimum Gasteiger partial charge on any atom is -0.393 e. The lowest BCUT2D eigenvalue weighted by Crippen LogP contribution is -2.30. The standard InChI is InChI=1S/C17H26N6O2S/c1-5-23(6-2)26(24,25)14-9-7-13(8-10-14)22-17-15(18)16(19-11-20-17)21-12(3)4/h7-12H,5-6,18H2,1-4H3,(H2,19,20,21,22). The van der Waals surface area contributed by atoms with Gasteiger partial charge in [-0.1, -0.05) is 13.8 Å². The predicted octanol–water partition coefficient (Wildman–Crippen LogP) is 2.65. The Labute approximate surface area is 154 Å². The summed E-state index contributed by atoms with van der Waals surface area (Å²) in [6.45, 7) is 8.48. The van der Waals surface area contributed by atoms with Crippen molar-refractivity contribution in [2.45, 2.75) is 38.6 Å². The molecule has 0 radical (unpaired) electrons. The SMILES string of the molecule is CCN(CC)S(=O)(=O)c1ccc(Nc2ncnc(NC(C)C)c2N)cc1. The van der Waals surface area contributed by atoms with Gasteiger partial charge in [-0.25, -0.2) is 18.4 Å². The first-order valence-corrected chi connectivity index (χ1v) is 9.97. The Morgan fingerprint density at radius 3 is 2.19 bits per heavy atom. The summed E-state index contributed by atoms with van der Waals surface area (Å²) in [6.07, 6.45) is 1.42. The number of nitrogens with zero attached hydrogens (tertiary/aromatic N) is 3. The maximum absolute atomic E-state index is 12.5. The van der Waals surface area contributed by atoms with Gasteiger partial charge in [0, 0.05) is 24.8 Å². The summed E-state index contributed by atoms with van der Waals surface area (Å²) in [5.74, 6) is 1.01. The first kappa shape index (κ1) is 19.9. The molecule has 0 spiro atoms. The molecular formula is C17H26N6O2S. The molecule has 0 bridgehead atoms. The van der Waals surface area contributed by atoms with Crippen LogP contribution in [0.1, 0.15) is 27.7 Å². The van der Waals surface area contributed by atoms with E-state index in [-0.39, 0.29) is 10.9 Å². The van der Waals surface area contributed by atoms with Crippen LogP contribution in [0.5, 0.6) is 0 Å². The van der Waals surface area contributed by atoms with E-state index in [2.05, 4.69) is 20.6 Å². The molecular weight excluding hydrogens is 352 g/mol. The second kappa shape index (κ2) is 8.33. The highest BCUT2D eigenvalue weighted by Gasteiger charge is 2.21. The fourth-order valence-corrected chi connectivity index (χ4v) is 3.90. The second-order valence-corrected chi connectivity index (χ2v) is 7.96. The van der Waals surface area contributed by atoms with Crippen LogP contribution in [0.3, 0.4) is 0 Å². The number of benzene rings is 1. The minimum atomic E-state index is -3.47. The van der Waals surface area contributed by atoms with Gasteiger partial charge in [0.05, 0.1) is 4.90 Å². The lowest BCUT2D eigenvalue weighted by Gasteiger charge is -2.18. The molecule has 0 unspecified atom stereocenters. The summed E-state index contributed by atoms with van der Waals surface area (Å²) < 4.78 is 26.5. The van der Waals surface area contributed by atoms with Gasteiger partial charge in [0.25, 0.3) is 0 Å². The molecule has 4 N–H and O–H groups in total. The molecule has 1 aromatic carbocycles. The van der Waals surface area contributed by atoms with E-state index in [4.69, 9.17) is 5.73 Å². The molecule has 1 aromatic heterocycles. The van der Waals surface area contributed by atoms with Crippen molar-refractivity contribution in [1.29, 1.82) is 0 Å². The van der Waals surface area contributed by atoms with Gasteiger partial charge < -0.3 is 16.4 Å². The highest BCUT2D eigenvalue weighted by molar-refractivity contribution is 7.89. The first-order chi connectivity index (χ1) is 12.3. The van der Waals surface area contributed by atoms with Gasteiger partial charge in [0.2, 0.25) is 10.0 Å². The predicted molar refractivity (Wildman–Crippen MR) is 105 cm³/mol. The number of hydrogen-bond donors (Lipinski definition) is 3. The van der Waals surface area contributed by atoms with E-state index < -0.39 is 10.0 Å². The molecule has 0 saturated heterocycles. The number of aromatic nitrogens is 2. The molecule has 0 aliphatic rings. The largest absolute Gasteiger partial charge is 0.393 e. The van der Waals surface area contributed by atoms with Crippen LogP contribution >= 0.6 is 0 Å². The molecule has 0 fully saturated rings. The van der Waals surface area contributed by atoms with Crippen molar-refractivity contribution < 1.29 is 8.42 Å². The van der Waals surface area contributed by atoms with Gasteiger partial charge in [0.1, 0.15) is 12.0 Å². The average Bonchev–Trinajstić information content (AvgIpc) is 2.59. The molecule has 142 valence electrons. The molecule has 2 aromatic rings. The van der Waals surface area contributed by atoms with Gasteiger partial charge in [-0.3, -0.25) is 0 Å². The molecule has 0 aliphatic carbocycles. The van der Waals surface area contributed by atoms with Gasteiger partial charge in [0.15, 0.2) is 11.6 Å². The molecule has 1 heterocycles. The molecule has 2 rings (SSSR count). The smallest absolute Gasteiger partial charge is 0.243 e. The van der Waals surface area contributed by atoms with Crippen LogP contribution in [0.15, 0.2) is 35.5 Å². The molecule has 0 atom stereocenters. The maximum atomic E-state index is 12.5. The van der Waals surface area contributed by atoms with E-state index in [0.29, 0.717) is 36.1 Å². The number of hydrogen-bond acceptors (Lipinski definition) is 7. The van der Waals surface area contributed by atoms with Crippen molar-refractivity contribution in [2.75, 3.05) is 29.5 Å². The summed E-state index contributed by atoms with van der Waals surface area (Å²) in [4.78, 5) is 8.54. The molecule has 9 heteroatoms. The number of nitrogen functional groups attached to an aromatic ring is 1. The van der Waals surface area contributed by atoms with E-state index in [0.717, 1.165) is 0 Å². The zero-order valence-electron chi connectivity index (χ0n) is 15.5. The van der Waals surface area contributed by atoms with Crippen molar-refractivity contribution in [3.8, 4) is 0 Å². The van der Waals surface area contributed by atoms with E-state index in [1.807, 2.05) is 27.7 Å². The highest BCUT2D eigenvalue weighted by atomic mass is 32.2. The van der Waals surface area contributed by atoms with Gasteiger partial charge in [-0.2, -0.15) is 4.31 Å². The number of anilines is 4. The van der Waals surface area contributed by atoms with E-state index in [1.165, 1.54) is 10.6 Å². The maximum Gasteiger partial charge on any atom is 0.243 e. The topological polar surface area (TPSA) is 113 Å². The lowest BCUT2D eigenvalue weighted by atomic mass is 10.3. The summed E-state index contributed by atoms with van der Waals surface area (Å²) in [5.41, 5.74) is 7.19. The minimum absolute atomic E-state index is 0.185. The Balaban J connectivity index is 2.23. The van der Waals surface area contributed by atoms with Crippen LogP contribution in [0.25, 0.3) is 0 Å². The molecule has 8 nitrogen and oxygen atoms in total. The fourth-order valence-electron chi connectivity index (χ4n) is 2.44. The second-order valence-electron chi connectivity index (χ2n) is 6.02. The number of sulfonamides is 1. The zero-order chi connectivity index (χ0) is 19.3. The first-order valence-electron chi connectivity index (χ1n) is 8.53. The Morgan fingerprint density at radius 2 is 1.65 bits per heavy atom. The molecule has 0 aliphatic heterocycles. The van der Waals surface area contributed by atoms with E-state index >= 15 is 0 Å². The van der Waals surface area contributed by atoms with Crippen LogP contribution in [0.2, 0.25) is 0 Å². The van der Waals surface area contributed by atoms with E-state index in [1.54, 1.807) is 24.3 Å². The third-order valence-electron chi connectivity index (χ3n) is 3.77. The van der Waals surface area contributed by atoms with Crippen LogP contribution in [0, 0.1) is 0 Å². The van der Waals surface area contributed by atoms with Crippen molar-refractivity contribution in [2.24, 2.45) is 0 Å². The lowest BCUT2D eigenvalue weighted by molar-refractivity contribution is 0.445. The van der Waals surface area contributed by atoms with Crippen LogP contribution in [0.4, 0.5) is 23.0 Å². The third-order valence-corrected chi connectivity index (χ3v) is 5.83.